The van der Waals surface area contributed by atoms with Gasteiger partial charge in [-0.05, 0) is 36.0 Å². The lowest BCUT2D eigenvalue weighted by Crippen LogP contribution is -2.65. The third kappa shape index (κ3) is 9.69. The highest BCUT2D eigenvalue weighted by atomic mass is 32.1. The van der Waals surface area contributed by atoms with Crippen LogP contribution in [0.3, 0.4) is 0 Å². The second-order valence-electron chi connectivity index (χ2n) is 11.8. The molecule has 4 rings (SSSR count). The summed E-state index contributed by atoms with van der Waals surface area (Å²) in [4.78, 5) is 43.1. The highest BCUT2D eigenvalue weighted by Crippen LogP contribution is 2.40. The van der Waals surface area contributed by atoms with Crippen LogP contribution in [0, 0.1) is 5.92 Å². The van der Waals surface area contributed by atoms with Gasteiger partial charge in [0.15, 0.2) is 0 Å². The van der Waals surface area contributed by atoms with E-state index in [0.29, 0.717) is 23.1 Å². The van der Waals surface area contributed by atoms with Gasteiger partial charge in [-0.15, -0.1) is 0 Å². The predicted molar refractivity (Wildman–Crippen MR) is 180 cm³/mol. The van der Waals surface area contributed by atoms with E-state index in [2.05, 4.69) is 34.8 Å². The van der Waals surface area contributed by atoms with Crippen molar-refractivity contribution in [1.82, 2.24) is 20.9 Å². The Kier molecular flexibility index (Phi) is 13.2. The standard InChI is InChI=1S/C30H34F3N5O4S.C4H10/c1-3-17(2)24(37-28(41)42-16-18-8-5-4-6-9-18)26(39)38-29(27(40)35-15-23(34)43)13-12-22-20(14-29)19-10-7-11-21(25(19)36-22)30(31,32)33;1-3-4-2/h4-11,17,24,36H,3,12-16H2,1-2H3,(H2,34,43)(H,35,40)(H,37,41)(H,38,39);3-4H2,1-2H3/t17?,24-,29?;/m0./s1. The lowest BCUT2D eigenvalue weighted by atomic mass is 9.78. The van der Waals surface area contributed by atoms with Crippen molar-refractivity contribution in [2.45, 2.75) is 90.6 Å². The fourth-order valence-electron chi connectivity index (χ4n) is 5.31. The Morgan fingerprint density at radius 3 is 2.34 bits per heavy atom. The molecule has 0 fully saturated rings. The molecule has 0 spiro atoms. The number of benzene rings is 2. The van der Waals surface area contributed by atoms with Crippen molar-refractivity contribution in [3.05, 3.63) is 70.9 Å². The zero-order valence-electron chi connectivity index (χ0n) is 27.2. The fourth-order valence-corrected chi connectivity index (χ4v) is 5.38. The molecule has 9 nitrogen and oxygen atoms in total. The number of nitrogens with one attached hydrogen (secondary N) is 4. The number of alkyl halides is 3. The summed E-state index contributed by atoms with van der Waals surface area (Å²) in [6, 6.07) is 11.8. The second kappa shape index (κ2) is 16.6. The van der Waals surface area contributed by atoms with E-state index in [1.807, 2.05) is 13.0 Å². The average molecular weight is 676 g/mol. The first-order valence-corrected chi connectivity index (χ1v) is 16.2. The molecule has 1 aromatic heterocycles. The highest BCUT2D eigenvalue weighted by Gasteiger charge is 2.46. The van der Waals surface area contributed by atoms with Crippen LogP contribution >= 0.6 is 12.2 Å². The van der Waals surface area contributed by atoms with Crippen LogP contribution in [0.4, 0.5) is 18.0 Å². The summed E-state index contributed by atoms with van der Waals surface area (Å²) in [6.07, 6.45) is -2.07. The van der Waals surface area contributed by atoms with Gasteiger partial charge in [-0.25, -0.2) is 4.79 Å². The molecule has 0 saturated carbocycles. The van der Waals surface area contributed by atoms with Crippen LogP contribution in [-0.4, -0.2) is 46.0 Å². The number of hydrogen-bond acceptors (Lipinski definition) is 5. The Morgan fingerprint density at radius 2 is 1.74 bits per heavy atom. The number of thiocarbonyl (C=S) groups is 1. The number of nitrogens with two attached hydrogens (primary N) is 1. The van der Waals surface area contributed by atoms with E-state index >= 15 is 0 Å². The summed E-state index contributed by atoms with van der Waals surface area (Å²) in [5.74, 6) is -1.56. The zero-order valence-corrected chi connectivity index (χ0v) is 28.0. The van der Waals surface area contributed by atoms with Crippen LogP contribution in [0.2, 0.25) is 0 Å². The van der Waals surface area contributed by atoms with Gasteiger partial charge in [0.1, 0.15) is 18.2 Å². The Hall–Kier alpha value is -4.13. The van der Waals surface area contributed by atoms with E-state index in [1.165, 1.54) is 18.9 Å². The molecule has 3 aromatic rings. The average Bonchev–Trinajstić information content (AvgIpc) is 3.42. The normalized spacial score (nSPS) is 16.9. The van der Waals surface area contributed by atoms with Crippen LogP contribution in [-0.2, 0) is 40.0 Å². The van der Waals surface area contributed by atoms with Crippen LogP contribution in [0.15, 0.2) is 48.5 Å². The Bertz CT molecular complexity index is 1540. The first kappa shape index (κ1) is 37.3. The molecule has 3 atom stereocenters. The summed E-state index contributed by atoms with van der Waals surface area (Å²) in [5, 5.41) is 8.43. The number of aryl methyl sites for hydroxylation is 1. The summed E-state index contributed by atoms with van der Waals surface area (Å²) < 4.78 is 46.6. The lowest BCUT2D eigenvalue weighted by Gasteiger charge is -2.38. The number of alkyl carbamates (subject to hydrolysis) is 1. The van der Waals surface area contributed by atoms with E-state index in [-0.39, 0.29) is 48.8 Å². The minimum atomic E-state index is -4.59. The van der Waals surface area contributed by atoms with E-state index in [1.54, 1.807) is 37.3 Å². The van der Waals surface area contributed by atoms with Gasteiger partial charge in [0.25, 0.3) is 0 Å². The molecule has 2 unspecified atom stereocenters. The number of aromatic nitrogens is 1. The van der Waals surface area contributed by atoms with Gasteiger partial charge >= 0.3 is 12.3 Å². The van der Waals surface area contributed by atoms with Gasteiger partial charge in [-0.1, -0.05) is 102 Å². The molecule has 0 radical (unpaired) electrons. The number of unbranched alkanes of at least 4 members (excludes halogenated alkanes) is 1. The number of H-pyrrole nitrogens is 1. The zero-order chi connectivity index (χ0) is 34.8. The first-order valence-electron chi connectivity index (χ1n) is 15.8. The summed E-state index contributed by atoms with van der Waals surface area (Å²) in [6.45, 7) is 7.85. The third-order valence-corrected chi connectivity index (χ3v) is 8.46. The molecular formula is C34H44F3N5O4S. The monoisotopic (exact) mass is 675 g/mol. The van der Waals surface area contributed by atoms with Crippen LogP contribution < -0.4 is 21.7 Å². The minimum Gasteiger partial charge on any atom is -0.445 e. The third-order valence-electron chi connectivity index (χ3n) is 8.32. The number of carbonyl (C=O) groups excluding carboxylic acids is 3. The van der Waals surface area contributed by atoms with Gasteiger partial charge in [0, 0.05) is 17.5 Å². The summed E-state index contributed by atoms with van der Waals surface area (Å²) >= 11 is 4.90. The molecular weight excluding hydrogens is 631 g/mol. The van der Waals surface area contributed by atoms with Crippen molar-refractivity contribution in [2.75, 3.05) is 6.54 Å². The van der Waals surface area contributed by atoms with Crippen molar-refractivity contribution < 1.29 is 32.3 Å². The molecule has 0 saturated heterocycles. The number of ether oxygens (including phenoxy) is 1. The van der Waals surface area contributed by atoms with Gasteiger partial charge < -0.3 is 31.4 Å². The number of carbonyl (C=O) groups is 3. The Balaban J connectivity index is 0.00000142. The fraction of sp³-hybridized carbons (Fsp3) is 0.471. The van der Waals surface area contributed by atoms with E-state index in [0.717, 1.165) is 11.6 Å². The van der Waals surface area contributed by atoms with E-state index < -0.39 is 41.2 Å². The summed E-state index contributed by atoms with van der Waals surface area (Å²) in [7, 11) is 0. The molecule has 0 aliphatic heterocycles. The number of rotatable bonds is 11. The number of para-hydroxylation sites is 1. The Morgan fingerprint density at radius 1 is 1.06 bits per heavy atom. The Labute approximate surface area is 278 Å². The number of fused-ring (bicyclic) bond motifs is 3. The van der Waals surface area contributed by atoms with Crippen molar-refractivity contribution in [2.24, 2.45) is 11.7 Å². The molecule has 1 aliphatic carbocycles. The largest absolute Gasteiger partial charge is 0.445 e. The van der Waals surface area contributed by atoms with Crippen LogP contribution in [0.25, 0.3) is 10.9 Å². The maximum Gasteiger partial charge on any atom is 0.418 e. The van der Waals surface area contributed by atoms with Gasteiger partial charge in [0.2, 0.25) is 11.8 Å². The predicted octanol–water partition coefficient (Wildman–Crippen LogP) is 6.08. The molecule has 256 valence electrons. The molecule has 13 heteroatoms. The molecule has 1 aliphatic rings. The van der Waals surface area contributed by atoms with E-state index in [9.17, 15) is 27.6 Å². The topological polar surface area (TPSA) is 138 Å². The highest BCUT2D eigenvalue weighted by molar-refractivity contribution is 7.80. The van der Waals surface area contributed by atoms with Crippen molar-refractivity contribution in [3.63, 3.8) is 0 Å². The first-order chi connectivity index (χ1) is 22.3. The maximum absolute atomic E-state index is 13.8. The molecule has 3 amide bonds. The molecule has 6 N–H and O–H groups in total. The quantitative estimate of drug-likeness (QED) is 0.156. The van der Waals surface area contributed by atoms with Gasteiger partial charge in [-0.3, -0.25) is 9.59 Å². The SMILES string of the molecule is CCC(C)[C@H](NC(=O)OCc1ccccc1)C(=O)NC1(C(=O)NCC(N)=S)CCc2[nH]c3c(C(F)(F)F)cccc3c2C1.CCCC. The number of hydrogen-bond donors (Lipinski definition) is 5. The molecule has 2 aromatic carbocycles. The van der Waals surface area contributed by atoms with Gasteiger partial charge in [-0.2, -0.15) is 13.2 Å². The van der Waals surface area contributed by atoms with Crippen molar-refractivity contribution >= 4 is 46.0 Å². The van der Waals surface area contributed by atoms with Crippen molar-refractivity contribution in [1.29, 1.82) is 0 Å². The number of halogens is 3. The van der Waals surface area contributed by atoms with E-state index in [4.69, 9.17) is 22.7 Å². The smallest absolute Gasteiger partial charge is 0.418 e. The molecule has 1 heterocycles. The van der Waals surface area contributed by atoms with Gasteiger partial charge in [0.05, 0.1) is 22.6 Å². The molecule has 0 bridgehead atoms. The molecule has 47 heavy (non-hydrogen) atoms. The minimum absolute atomic E-state index is 0.00385. The number of amides is 3. The lowest BCUT2D eigenvalue weighted by molar-refractivity contribution is -0.136. The van der Waals surface area contributed by atoms with Crippen molar-refractivity contribution in [3.8, 4) is 0 Å². The number of aromatic amines is 1. The second-order valence-corrected chi connectivity index (χ2v) is 12.3. The maximum atomic E-state index is 13.8. The summed E-state index contributed by atoms with van der Waals surface area (Å²) in [5.41, 5.74) is 4.96. The van der Waals surface area contributed by atoms with Crippen LogP contribution in [0.5, 0.6) is 0 Å². The van der Waals surface area contributed by atoms with Crippen LogP contribution in [0.1, 0.15) is 75.8 Å².